The van der Waals surface area contributed by atoms with Gasteiger partial charge in [0.1, 0.15) is 17.7 Å². The van der Waals surface area contributed by atoms with E-state index >= 15 is 0 Å². The summed E-state index contributed by atoms with van der Waals surface area (Å²) in [6.07, 6.45) is 1.61. The molecule has 0 aliphatic rings. The summed E-state index contributed by atoms with van der Waals surface area (Å²) in [4.78, 5) is 0.0460. The van der Waals surface area contributed by atoms with E-state index in [4.69, 9.17) is 44.3 Å². The van der Waals surface area contributed by atoms with Gasteiger partial charge in [0.05, 0.1) is 16.7 Å². The molecular weight excluding hydrogens is 436 g/mol. The number of ether oxygens (including phenoxy) is 2. The molecule has 2 rings (SSSR count). The van der Waals surface area contributed by atoms with Crippen molar-refractivity contribution in [3.05, 3.63) is 62.6 Å². The number of benzene rings is 2. The van der Waals surface area contributed by atoms with E-state index < -0.39 is 0 Å². The van der Waals surface area contributed by atoms with Gasteiger partial charge in [-0.2, -0.15) is 5.26 Å². The molecule has 2 N–H and O–H groups in total. The first-order valence-electron chi connectivity index (χ1n) is 7.69. The summed E-state index contributed by atoms with van der Waals surface area (Å²) in [5.74, 6) is 1.13. The van der Waals surface area contributed by atoms with E-state index in [1.807, 2.05) is 43.3 Å². The van der Waals surface area contributed by atoms with Crippen LogP contribution in [0.2, 0.25) is 5.02 Å². The Kier molecular flexibility index (Phi) is 7.46. The third-order valence-corrected chi connectivity index (χ3v) is 4.39. The maximum Gasteiger partial charge on any atom is 0.175 e. The zero-order valence-electron chi connectivity index (χ0n) is 14.0. The molecule has 7 heteroatoms. The van der Waals surface area contributed by atoms with Gasteiger partial charge in [0, 0.05) is 5.02 Å². The Labute approximate surface area is 171 Å². The molecule has 0 unspecified atom stereocenters. The van der Waals surface area contributed by atoms with Crippen LogP contribution in [0, 0.1) is 11.3 Å². The molecule has 0 bridgehead atoms. The van der Waals surface area contributed by atoms with Gasteiger partial charge < -0.3 is 15.2 Å². The molecule has 134 valence electrons. The molecule has 2 aromatic rings. The van der Waals surface area contributed by atoms with E-state index in [1.54, 1.807) is 12.1 Å². The van der Waals surface area contributed by atoms with Gasteiger partial charge in [-0.15, -0.1) is 0 Å². The average molecular weight is 452 g/mol. The molecule has 0 saturated carbocycles. The molecule has 0 heterocycles. The van der Waals surface area contributed by atoms with Crippen molar-refractivity contribution in [1.82, 2.24) is 0 Å². The second-order valence-electron chi connectivity index (χ2n) is 5.21. The summed E-state index contributed by atoms with van der Waals surface area (Å²) < 4.78 is 12.3. The summed E-state index contributed by atoms with van der Waals surface area (Å²) in [6, 6.07) is 13.0. The number of hydrogen-bond donors (Lipinski definition) is 1. The van der Waals surface area contributed by atoms with Gasteiger partial charge in [0.25, 0.3) is 0 Å². The minimum absolute atomic E-state index is 0.0460. The highest BCUT2D eigenvalue weighted by molar-refractivity contribution is 9.10. The van der Waals surface area contributed by atoms with Crippen molar-refractivity contribution in [2.24, 2.45) is 5.73 Å². The van der Waals surface area contributed by atoms with Crippen molar-refractivity contribution < 1.29 is 9.47 Å². The lowest BCUT2D eigenvalue weighted by molar-refractivity contribution is 0.267. The number of hydrogen-bond acceptors (Lipinski definition) is 4. The van der Waals surface area contributed by atoms with Crippen molar-refractivity contribution in [1.29, 1.82) is 5.26 Å². The molecule has 0 aliphatic carbocycles. The number of nitriles is 1. The molecular formula is C19H16BrClN2O2S. The standard InChI is InChI=1S/C19H16BrClN2O2S/c1-2-24-17-9-13(7-14(10-22)19(23)26)8-16(20)18(17)25-11-12-3-5-15(21)6-4-12/h3-9H,2,11H2,1H3,(H2,23,26)/b14-7+. The molecule has 26 heavy (non-hydrogen) atoms. The predicted octanol–water partition coefficient (Wildman–Crippen LogP) is 5.27. The van der Waals surface area contributed by atoms with Crippen molar-refractivity contribution in [3.63, 3.8) is 0 Å². The first kappa shape index (κ1) is 20.2. The second-order valence-corrected chi connectivity index (χ2v) is 6.94. The van der Waals surface area contributed by atoms with Crippen LogP contribution < -0.4 is 15.2 Å². The molecule has 2 aromatic carbocycles. The molecule has 0 aromatic heterocycles. The van der Waals surface area contributed by atoms with Crippen molar-refractivity contribution in [3.8, 4) is 17.6 Å². The monoisotopic (exact) mass is 450 g/mol. The van der Waals surface area contributed by atoms with Crippen LogP contribution >= 0.6 is 39.7 Å². The summed E-state index contributed by atoms with van der Waals surface area (Å²) in [6.45, 7) is 2.72. The minimum Gasteiger partial charge on any atom is -0.490 e. The van der Waals surface area contributed by atoms with Crippen molar-refractivity contribution >= 4 is 50.8 Å². The van der Waals surface area contributed by atoms with Crippen LogP contribution in [-0.2, 0) is 6.61 Å². The fourth-order valence-corrected chi connectivity index (χ4v) is 2.94. The lowest BCUT2D eigenvalue weighted by Gasteiger charge is -2.15. The molecule has 0 saturated heterocycles. The number of nitrogens with two attached hydrogens (primary N) is 1. The predicted molar refractivity (Wildman–Crippen MR) is 111 cm³/mol. The molecule has 0 atom stereocenters. The van der Waals surface area contributed by atoms with Crippen LogP contribution in [0.3, 0.4) is 0 Å². The third kappa shape index (κ3) is 5.46. The van der Waals surface area contributed by atoms with Crippen LogP contribution in [0.5, 0.6) is 11.5 Å². The van der Waals surface area contributed by atoms with E-state index in [0.717, 1.165) is 11.1 Å². The third-order valence-electron chi connectivity index (χ3n) is 3.33. The smallest absolute Gasteiger partial charge is 0.175 e. The van der Waals surface area contributed by atoms with E-state index in [9.17, 15) is 0 Å². The Bertz CT molecular complexity index is 876. The minimum atomic E-state index is 0.0460. The Morgan fingerprint density at radius 3 is 2.58 bits per heavy atom. The zero-order chi connectivity index (χ0) is 19.1. The largest absolute Gasteiger partial charge is 0.490 e. The second kappa shape index (κ2) is 9.58. The fraction of sp³-hybridized carbons (Fsp3) is 0.158. The van der Waals surface area contributed by atoms with Crippen molar-refractivity contribution in [2.75, 3.05) is 6.61 Å². The van der Waals surface area contributed by atoms with E-state index in [2.05, 4.69) is 15.9 Å². The van der Waals surface area contributed by atoms with Crippen LogP contribution in [0.4, 0.5) is 0 Å². The number of halogens is 2. The number of rotatable bonds is 7. The topological polar surface area (TPSA) is 68.3 Å². The summed E-state index contributed by atoms with van der Waals surface area (Å²) >= 11 is 14.3. The van der Waals surface area contributed by atoms with E-state index in [-0.39, 0.29) is 10.6 Å². The SMILES string of the molecule is CCOc1cc(/C=C(\C#N)C(N)=S)cc(Br)c1OCc1ccc(Cl)cc1. The van der Waals surface area contributed by atoms with Crippen LogP contribution in [-0.4, -0.2) is 11.6 Å². The van der Waals surface area contributed by atoms with Crippen LogP contribution in [0.25, 0.3) is 6.08 Å². The maximum atomic E-state index is 9.12. The Hall–Kier alpha value is -2.07. The van der Waals surface area contributed by atoms with Crippen LogP contribution in [0.15, 0.2) is 46.4 Å². The Morgan fingerprint density at radius 2 is 2.00 bits per heavy atom. The maximum absolute atomic E-state index is 9.12. The Balaban J connectivity index is 2.32. The van der Waals surface area contributed by atoms with E-state index in [0.29, 0.717) is 34.2 Å². The van der Waals surface area contributed by atoms with Gasteiger partial charge >= 0.3 is 0 Å². The highest BCUT2D eigenvalue weighted by atomic mass is 79.9. The summed E-state index contributed by atoms with van der Waals surface area (Å²) in [5.41, 5.74) is 7.48. The lowest BCUT2D eigenvalue weighted by atomic mass is 10.1. The lowest BCUT2D eigenvalue weighted by Crippen LogP contribution is -2.09. The van der Waals surface area contributed by atoms with Crippen molar-refractivity contribution in [2.45, 2.75) is 13.5 Å². The molecule has 0 fully saturated rings. The molecule has 0 radical (unpaired) electrons. The van der Waals surface area contributed by atoms with E-state index in [1.165, 1.54) is 0 Å². The summed E-state index contributed by atoms with van der Waals surface area (Å²) in [7, 11) is 0. The van der Waals surface area contributed by atoms with Gasteiger partial charge in [0.15, 0.2) is 11.5 Å². The van der Waals surface area contributed by atoms with Gasteiger partial charge in [0.2, 0.25) is 0 Å². The Morgan fingerprint density at radius 1 is 1.31 bits per heavy atom. The normalized spacial score (nSPS) is 10.9. The zero-order valence-corrected chi connectivity index (χ0v) is 17.1. The van der Waals surface area contributed by atoms with Gasteiger partial charge in [-0.05, 0) is 64.3 Å². The number of thiocarbonyl (C=S) groups is 1. The molecule has 0 spiro atoms. The molecule has 0 amide bonds. The van der Waals surface area contributed by atoms with Gasteiger partial charge in [-0.25, -0.2) is 0 Å². The number of nitrogens with zero attached hydrogens (tertiary/aromatic N) is 1. The molecule has 0 aliphatic heterocycles. The first-order chi connectivity index (χ1) is 12.4. The molecule has 4 nitrogen and oxygen atoms in total. The quantitative estimate of drug-likeness (QED) is 0.353. The summed E-state index contributed by atoms with van der Waals surface area (Å²) in [5, 5.41) is 9.79. The van der Waals surface area contributed by atoms with Gasteiger partial charge in [-0.1, -0.05) is 36.0 Å². The highest BCUT2D eigenvalue weighted by Gasteiger charge is 2.13. The van der Waals surface area contributed by atoms with Gasteiger partial charge in [-0.3, -0.25) is 0 Å². The fourth-order valence-electron chi connectivity index (χ4n) is 2.14. The average Bonchev–Trinajstić information content (AvgIpc) is 2.60. The highest BCUT2D eigenvalue weighted by Crippen LogP contribution is 2.38. The van der Waals surface area contributed by atoms with Crippen LogP contribution in [0.1, 0.15) is 18.1 Å². The first-order valence-corrected chi connectivity index (χ1v) is 9.27.